The molecule has 1 aromatic heterocycles. The summed E-state index contributed by atoms with van der Waals surface area (Å²) in [5.74, 6) is -0.801. The van der Waals surface area contributed by atoms with Crippen LogP contribution in [0, 0.1) is 6.92 Å². The van der Waals surface area contributed by atoms with Crippen LogP contribution in [0.2, 0.25) is 0 Å². The van der Waals surface area contributed by atoms with E-state index in [0.717, 1.165) is 23.3 Å². The second-order valence-corrected chi connectivity index (χ2v) is 5.93. The van der Waals surface area contributed by atoms with Crippen LogP contribution in [-0.4, -0.2) is 22.5 Å². The summed E-state index contributed by atoms with van der Waals surface area (Å²) in [6.07, 6.45) is -5.64. The van der Waals surface area contributed by atoms with Crippen LogP contribution in [0.15, 0.2) is 52.9 Å². The molecule has 0 saturated heterocycles. The maximum Gasteiger partial charge on any atom is 0.573 e. The molecule has 3 aromatic rings. The van der Waals surface area contributed by atoms with E-state index in [4.69, 9.17) is 9.15 Å². The lowest BCUT2D eigenvalue weighted by Gasteiger charge is -2.11. The third kappa shape index (κ3) is 4.87. The molecule has 0 radical (unpaired) electrons. The number of benzene rings is 2. The van der Waals surface area contributed by atoms with E-state index in [0.29, 0.717) is 0 Å². The molecular weight excluding hydrogens is 377 g/mol. The molecule has 28 heavy (non-hydrogen) atoms. The van der Waals surface area contributed by atoms with Gasteiger partial charge in [-0.05, 0) is 50.2 Å². The summed E-state index contributed by atoms with van der Waals surface area (Å²) in [7, 11) is 0. The fourth-order valence-corrected chi connectivity index (χ4v) is 2.28. The van der Waals surface area contributed by atoms with Crippen molar-refractivity contribution in [2.75, 3.05) is 0 Å². The molecule has 0 N–H and O–H groups in total. The third-order valence-corrected chi connectivity index (χ3v) is 3.69. The molecule has 0 amide bonds. The first-order valence-electron chi connectivity index (χ1n) is 8.18. The number of esters is 1. The summed E-state index contributed by atoms with van der Waals surface area (Å²) in [4.78, 5) is 12.2. The first-order valence-corrected chi connectivity index (χ1v) is 8.18. The molecule has 6 nitrogen and oxygen atoms in total. The van der Waals surface area contributed by atoms with Crippen molar-refractivity contribution in [3.63, 3.8) is 0 Å². The lowest BCUT2D eigenvalue weighted by atomic mass is 10.1. The largest absolute Gasteiger partial charge is 0.573 e. The molecule has 0 aliphatic carbocycles. The van der Waals surface area contributed by atoms with Gasteiger partial charge in [-0.15, -0.1) is 23.4 Å². The number of carbonyl (C=O) groups is 1. The average molecular weight is 392 g/mol. The van der Waals surface area contributed by atoms with Gasteiger partial charge in [0.15, 0.2) is 6.10 Å². The number of alkyl halides is 3. The van der Waals surface area contributed by atoms with Gasteiger partial charge in [0.1, 0.15) is 5.75 Å². The Morgan fingerprint density at radius 1 is 1.04 bits per heavy atom. The number of rotatable bonds is 5. The fourth-order valence-electron chi connectivity index (χ4n) is 2.28. The van der Waals surface area contributed by atoms with Crippen molar-refractivity contribution in [2.45, 2.75) is 26.3 Å². The molecule has 146 valence electrons. The number of hydrogen-bond donors (Lipinski definition) is 0. The van der Waals surface area contributed by atoms with Gasteiger partial charge in [-0.2, -0.15) is 0 Å². The molecular formula is C19H15F3N2O4. The van der Waals surface area contributed by atoms with Gasteiger partial charge in [-0.25, -0.2) is 4.79 Å². The first kappa shape index (κ1) is 19.4. The van der Waals surface area contributed by atoms with Gasteiger partial charge in [-0.3, -0.25) is 0 Å². The van der Waals surface area contributed by atoms with Crippen molar-refractivity contribution in [1.29, 1.82) is 0 Å². The van der Waals surface area contributed by atoms with E-state index in [-0.39, 0.29) is 17.3 Å². The van der Waals surface area contributed by atoms with Crippen LogP contribution in [0.4, 0.5) is 13.2 Å². The smallest absolute Gasteiger partial charge is 0.449 e. The van der Waals surface area contributed by atoms with Gasteiger partial charge >= 0.3 is 12.3 Å². The van der Waals surface area contributed by atoms with E-state index in [1.807, 2.05) is 31.2 Å². The first-order chi connectivity index (χ1) is 13.2. The van der Waals surface area contributed by atoms with Gasteiger partial charge in [0.25, 0.3) is 5.89 Å². The highest BCUT2D eigenvalue weighted by Crippen LogP contribution is 2.25. The Hall–Kier alpha value is -3.36. The lowest BCUT2D eigenvalue weighted by molar-refractivity contribution is -0.274. The quantitative estimate of drug-likeness (QED) is 0.577. The van der Waals surface area contributed by atoms with Gasteiger partial charge < -0.3 is 13.9 Å². The number of ether oxygens (including phenoxy) is 2. The Labute approximate surface area is 157 Å². The molecule has 2 aromatic carbocycles. The van der Waals surface area contributed by atoms with Crippen LogP contribution in [0.1, 0.15) is 34.8 Å². The summed E-state index contributed by atoms with van der Waals surface area (Å²) in [5.41, 5.74) is 1.86. The summed E-state index contributed by atoms with van der Waals surface area (Å²) in [6, 6.07) is 11.8. The van der Waals surface area contributed by atoms with Crippen molar-refractivity contribution >= 4 is 5.97 Å². The van der Waals surface area contributed by atoms with Crippen LogP contribution in [-0.2, 0) is 4.74 Å². The number of halogens is 3. The number of aryl methyl sites for hydroxylation is 1. The van der Waals surface area contributed by atoms with Crippen molar-refractivity contribution < 1.29 is 31.9 Å². The Kier molecular flexibility index (Phi) is 5.34. The summed E-state index contributed by atoms with van der Waals surface area (Å²) in [5, 5.41) is 7.81. The molecule has 9 heteroatoms. The van der Waals surface area contributed by atoms with Crippen LogP contribution in [0.5, 0.6) is 5.75 Å². The standard InChI is InChI=1S/C19H15F3N2O4/c1-11-3-5-13(6-4-11)17-24-23-16(27-17)12(2)26-18(25)14-7-9-15(10-8-14)28-19(20,21)22/h3-10,12H,1-2H3/t12-/m0/s1. The average Bonchev–Trinajstić information content (AvgIpc) is 3.12. The van der Waals surface area contributed by atoms with Crippen molar-refractivity contribution in [3.05, 3.63) is 65.5 Å². The Balaban J connectivity index is 1.65. The zero-order chi connectivity index (χ0) is 20.3. The number of hydrogen-bond acceptors (Lipinski definition) is 6. The predicted octanol–water partition coefficient (Wildman–Crippen LogP) is 4.86. The van der Waals surface area contributed by atoms with Gasteiger partial charge in [-0.1, -0.05) is 17.7 Å². The second-order valence-electron chi connectivity index (χ2n) is 5.93. The van der Waals surface area contributed by atoms with Crippen LogP contribution < -0.4 is 4.74 Å². The zero-order valence-electron chi connectivity index (χ0n) is 14.9. The molecule has 1 heterocycles. The fraction of sp³-hybridized carbons (Fsp3) is 0.211. The Morgan fingerprint density at radius 3 is 2.29 bits per heavy atom. The summed E-state index contributed by atoms with van der Waals surface area (Å²) < 4.78 is 51.0. The molecule has 1 atom stereocenters. The predicted molar refractivity (Wildman–Crippen MR) is 91.4 cm³/mol. The second kappa shape index (κ2) is 7.71. The summed E-state index contributed by atoms with van der Waals surface area (Å²) >= 11 is 0. The van der Waals surface area contributed by atoms with E-state index >= 15 is 0 Å². The van der Waals surface area contributed by atoms with Crippen LogP contribution in [0.25, 0.3) is 11.5 Å². The molecule has 0 aliphatic rings. The number of nitrogens with zero attached hydrogens (tertiary/aromatic N) is 2. The maximum absolute atomic E-state index is 12.2. The van der Waals surface area contributed by atoms with E-state index in [9.17, 15) is 18.0 Å². The topological polar surface area (TPSA) is 74.5 Å². The minimum absolute atomic E-state index is 0.0552. The van der Waals surface area contributed by atoms with Crippen molar-refractivity contribution in [2.24, 2.45) is 0 Å². The minimum Gasteiger partial charge on any atom is -0.449 e. The normalized spacial score (nSPS) is 12.5. The monoisotopic (exact) mass is 392 g/mol. The van der Waals surface area contributed by atoms with E-state index in [2.05, 4.69) is 14.9 Å². The molecule has 0 bridgehead atoms. The Bertz CT molecular complexity index is 951. The zero-order valence-corrected chi connectivity index (χ0v) is 14.9. The summed E-state index contributed by atoms with van der Waals surface area (Å²) in [6.45, 7) is 3.50. The molecule has 0 spiro atoms. The van der Waals surface area contributed by atoms with Gasteiger partial charge in [0.05, 0.1) is 5.56 Å². The molecule has 3 rings (SSSR count). The van der Waals surface area contributed by atoms with Gasteiger partial charge in [0, 0.05) is 5.56 Å². The highest BCUT2D eigenvalue weighted by atomic mass is 19.4. The van der Waals surface area contributed by atoms with E-state index in [1.165, 1.54) is 12.1 Å². The number of carbonyl (C=O) groups excluding carboxylic acids is 1. The van der Waals surface area contributed by atoms with Crippen LogP contribution in [0.3, 0.4) is 0 Å². The molecule has 0 aliphatic heterocycles. The van der Waals surface area contributed by atoms with E-state index in [1.54, 1.807) is 6.92 Å². The number of aromatic nitrogens is 2. The maximum atomic E-state index is 12.2. The van der Waals surface area contributed by atoms with E-state index < -0.39 is 24.2 Å². The minimum atomic E-state index is -4.80. The highest BCUT2D eigenvalue weighted by Gasteiger charge is 2.31. The highest BCUT2D eigenvalue weighted by molar-refractivity contribution is 5.89. The third-order valence-electron chi connectivity index (χ3n) is 3.69. The van der Waals surface area contributed by atoms with Crippen molar-refractivity contribution in [3.8, 4) is 17.2 Å². The lowest BCUT2D eigenvalue weighted by Crippen LogP contribution is -2.17. The van der Waals surface area contributed by atoms with Crippen LogP contribution >= 0.6 is 0 Å². The Morgan fingerprint density at radius 2 is 1.68 bits per heavy atom. The molecule has 0 fully saturated rings. The van der Waals surface area contributed by atoms with Crippen molar-refractivity contribution in [1.82, 2.24) is 10.2 Å². The SMILES string of the molecule is Cc1ccc(-c2nnc([C@H](C)OC(=O)c3ccc(OC(F)(F)F)cc3)o2)cc1. The molecule has 0 unspecified atom stereocenters. The molecule has 0 saturated carbocycles. The van der Waals surface area contributed by atoms with Gasteiger partial charge in [0.2, 0.25) is 5.89 Å².